The van der Waals surface area contributed by atoms with Crippen molar-refractivity contribution >= 4 is 11.3 Å². The number of likely N-dealkylation sites (N-methyl/N-ethyl adjacent to an activating group) is 2. The number of thiazole rings is 1. The molecule has 0 spiro atoms. The van der Waals surface area contributed by atoms with Gasteiger partial charge in [-0.25, -0.2) is 4.98 Å². The van der Waals surface area contributed by atoms with E-state index < -0.39 is 0 Å². The average molecular weight is 267 g/mol. The van der Waals surface area contributed by atoms with Crippen molar-refractivity contribution in [1.29, 1.82) is 0 Å². The van der Waals surface area contributed by atoms with E-state index in [0.717, 1.165) is 18.9 Å². The molecule has 1 aromatic rings. The Kier molecular flexibility index (Phi) is 5.15. The van der Waals surface area contributed by atoms with Gasteiger partial charge in [-0.1, -0.05) is 6.92 Å². The number of aromatic nitrogens is 1. The molecular weight excluding hydrogens is 242 g/mol. The van der Waals surface area contributed by atoms with Gasteiger partial charge < -0.3 is 10.2 Å². The van der Waals surface area contributed by atoms with Crippen LogP contribution in [0.2, 0.25) is 0 Å². The summed E-state index contributed by atoms with van der Waals surface area (Å²) >= 11 is 1.90. The fourth-order valence-corrected chi connectivity index (χ4v) is 3.81. The summed E-state index contributed by atoms with van der Waals surface area (Å²) in [5.74, 6) is 0. The molecule has 1 fully saturated rings. The fourth-order valence-electron chi connectivity index (χ4n) is 2.68. The Hall–Kier alpha value is -0.450. The van der Waals surface area contributed by atoms with Crippen LogP contribution < -0.4 is 5.32 Å². The van der Waals surface area contributed by atoms with Gasteiger partial charge in [-0.2, -0.15) is 0 Å². The van der Waals surface area contributed by atoms with Crippen LogP contribution in [0.3, 0.4) is 0 Å². The number of rotatable bonds is 6. The minimum atomic E-state index is 0.539. The standard InChI is InChI=1S/C14H25N3S/c1-4-17-7-5-6-12(17)9-14-16-10-13(18-14)8-11(2)15-3/h10-12,15H,4-9H2,1-3H3. The Bertz CT molecular complexity index is 364. The van der Waals surface area contributed by atoms with E-state index in [4.69, 9.17) is 0 Å². The first kappa shape index (κ1) is 14.0. The Morgan fingerprint density at radius 1 is 1.61 bits per heavy atom. The summed E-state index contributed by atoms with van der Waals surface area (Å²) in [5, 5.41) is 4.60. The highest BCUT2D eigenvalue weighted by Gasteiger charge is 2.24. The summed E-state index contributed by atoms with van der Waals surface area (Å²) in [6.07, 6.45) is 7.01. The minimum Gasteiger partial charge on any atom is -0.317 e. The summed E-state index contributed by atoms with van der Waals surface area (Å²) in [6.45, 7) is 6.94. The van der Waals surface area contributed by atoms with Crippen LogP contribution in [0.15, 0.2) is 6.20 Å². The zero-order chi connectivity index (χ0) is 13.0. The van der Waals surface area contributed by atoms with Gasteiger partial charge in [-0.15, -0.1) is 11.3 Å². The Balaban J connectivity index is 1.90. The van der Waals surface area contributed by atoms with Gasteiger partial charge in [0.15, 0.2) is 0 Å². The maximum Gasteiger partial charge on any atom is 0.0943 e. The van der Waals surface area contributed by atoms with Crippen molar-refractivity contribution in [1.82, 2.24) is 15.2 Å². The van der Waals surface area contributed by atoms with Crippen LogP contribution in [0.4, 0.5) is 0 Å². The second-order valence-electron chi connectivity index (χ2n) is 5.24. The maximum atomic E-state index is 4.60. The SMILES string of the molecule is CCN1CCCC1Cc1ncc(CC(C)NC)s1. The third-order valence-corrected chi connectivity index (χ3v) is 4.96. The van der Waals surface area contributed by atoms with E-state index in [1.807, 2.05) is 18.4 Å². The molecule has 4 heteroatoms. The molecule has 2 rings (SSSR count). The Morgan fingerprint density at radius 2 is 2.44 bits per heavy atom. The number of hydrogen-bond donors (Lipinski definition) is 1. The van der Waals surface area contributed by atoms with Gasteiger partial charge in [-0.3, -0.25) is 0 Å². The van der Waals surface area contributed by atoms with Crippen LogP contribution in [0.25, 0.3) is 0 Å². The number of nitrogens with zero attached hydrogens (tertiary/aromatic N) is 2. The van der Waals surface area contributed by atoms with Crippen LogP contribution in [0.1, 0.15) is 36.6 Å². The van der Waals surface area contributed by atoms with Gasteiger partial charge >= 0.3 is 0 Å². The lowest BCUT2D eigenvalue weighted by atomic mass is 10.1. The molecule has 1 N–H and O–H groups in total. The van der Waals surface area contributed by atoms with Crippen molar-refractivity contribution in [2.24, 2.45) is 0 Å². The van der Waals surface area contributed by atoms with Gasteiger partial charge in [-0.05, 0) is 46.3 Å². The second-order valence-corrected chi connectivity index (χ2v) is 6.44. The quantitative estimate of drug-likeness (QED) is 0.857. The highest BCUT2D eigenvalue weighted by atomic mass is 32.1. The van der Waals surface area contributed by atoms with Crippen molar-refractivity contribution in [3.8, 4) is 0 Å². The largest absolute Gasteiger partial charge is 0.317 e. The number of nitrogens with one attached hydrogen (secondary N) is 1. The van der Waals surface area contributed by atoms with E-state index in [2.05, 4.69) is 35.2 Å². The second kappa shape index (κ2) is 6.64. The van der Waals surface area contributed by atoms with Gasteiger partial charge in [0.2, 0.25) is 0 Å². The molecule has 2 unspecified atom stereocenters. The number of likely N-dealkylation sites (tertiary alicyclic amines) is 1. The molecule has 0 radical (unpaired) electrons. The van der Waals surface area contributed by atoms with Crippen molar-refractivity contribution in [3.05, 3.63) is 16.1 Å². The van der Waals surface area contributed by atoms with E-state index in [1.165, 1.54) is 35.8 Å². The lowest BCUT2D eigenvalue weighted by Gasteiger charge is -2.21. The van der Waals surface area contributed by atoms with Crippen molar-refractivity contribution in [3.63, 3.8) is 0 Å². The first-order chi connectivity index (χ1) is 8.72. The highest BCUT2D eigenvalue weighted by Crippen LogP contribution is 2.23. The molecule has 0 aliphatic carbocycles. The molecule has 1 aliphatic heterocycles. The third-order valence-electron chi connectivity index (χ3n) is 3.92. The maximum absolute atomic E-state index is 4.60. The van der Waals surface area contributed by atoms with E-state index >= 15 is 0 Å². The molecule has 0 aromatic carbocycles. The molecular formula is C14H25N3S. The minimum absolute atomic E-state index is 0.539. The van der Waals surface area contributed by atoms with Crippen LogP contribution >= 0.6 is 11.3 Å². The Labute approximate surface area is 115 Å². The molecule has 2 atom stereocenters. The van der Waals surface area contributed by atoms with Gasteiger partial charge in [0.25, 0.3) is 0 Å². The predicted molar refractivity (Wildman–Crippen MR) is 78.3 cm³/mol. The van der Waals surface area contributed by atoms with Gasteiger partial charge in [0, 0.05) is 29.6 Å². The molecule has 1 aliphatic rings. The summed E-state index contributed by atoms with van der Waals surface area (Å²) in [5.41, 5.74) is 0. The summed E-state index contributed by atoms with van der Waals surface area (Å²) < 4.78 is 0. The van der Waals surface area contributed by atoms with Crippen LogP contribution in [-0.2, 0) is 12.8 Å². The predicted octanol–water partition coefficient (Wildman–Crippen LogP) is 2.32. The molecule has 1 saturated heterocycles. The van der Waals surface area contributed by atoms with Gasteiger partial charge in [0.1, 0.15) is 0 Å². The average Bonchev–Trinajstić information content (AvgIpc) is 2.99. The topological polar surface area (TPSA) is 28.2 Å². The smallest absolute Gasteiger partial charge is 0.0943 e. The first-order valence-corrected chi connectivity index (χ1v) is 7.89. The molecule has 1 aromatic heterocycles. The molecule has 18 heavy (non-hydrogen) atoms. The van der Waals surface area contributed by atoms with Crippen LogP contribution in [0.5, 0.6) is 0 Å². The zero-order valence-electron chi connectivity index (χ0n) is 11.8. The lowest BCUT2D eigenvalue weighted by molar-refractivity contribution is 0.266. The molecule has 0 amide bonds. The normalized spacial score (nSPS) is 22.5. The fraction of sp³-hybridized carbons (Fsp3) is 0.786. The molecule has 3 nitrogen and oxygen atoms in total. The number of hydrogen-bond acceptors (Lipinski definition) is 4. The Morgan fingerprint density at radius 3 is 3.17 bits per heavy atom. The molecule has 0 bridgehead atoms. The highest BCUT2D eigenvalue weighted by molar-refractivity contribution is 7.11. The van der Waals surface area contributed by atoms with E-state index in [-0.39, 0.29) is 0 Å². The first-order valence-electron chi connectivity index (χ1n) is 7.07. The van der Waals surface area contributed by atoms with Crippen molar-refractivity contribution < 1.29 is 0 Å². The van der Waals surface area contributed by atoms with E-state index in [0.29, 0.717) is 6.04 Å². The lowest BCUT2D eigenvalue weighted by Crippen LogP contribution is -2.30. The van der Waals surface area contributed by atoms with Crippen molar-refractivity contribution in [2.75, 3.05) is 20.1 Å². The molecule has 2 heterocycles. The zero-order valence-corrected chi connectivity index (χ0v) is 12.6. The summed E-state index contributed by atoms with van der Waals surface area (Å²) in [4.78, 5) is 8.60. The van der Waals surface area contributed by atoms with Crippen LogP contribution in [0, 0.1) is 0 Å². The molecule has 102 valence electrons. The monoisotopic (exact) mass is 267 g/mol. The third kappa shape index (κ3) is 3.53. The van der Waals surface area contributed by atoms with Crippen LogP contribution in [-0.4, -0.2) is 42.1 Å². The van der Waals surface area contributed by atoms with E-state index in [1.54, 1.807) is 0 Å². The van der Waals surface area contributed by atoms with Gasteiger partial charge in [0.05, 0.1) is 5.01 Å². The van der Waals surface area contributed by atoms with Crippen molar-refractivity contribution in [2.45, 2.75) is 51.6 Å². The van der Waals surface area contributed by atoms with E-state index in [9.17, 15) is 0 Å². The molecule has 0 saturated carbocycles. The summed E-state index contributed by atoms with van der Waals surface area (Å²) in [7, 11) is 2.02. The summed E-state index contributed by atoms with van der Waals surface area (Å²) in [6, 6.07) is 1.27.